The molecule has 0 spiro atoms. The third kappa shape index (κ3) is 5.45. The van der Waals surface area contributed by atoms with Crippen molar-refractivity contribution < 1.29 is 0 Å². The highest BCUT2D eigenvalue weighted by Crippen LogP contribution is 2.13. The summed E-state index contributed by atoms with van der Waals surface area (Å²) in [5, 5.41) is 0.793. The Labute approximate surface area is 101 Å². The zero-order chi connectivity index (χ0) is 11.1. The Morgan fingerprint density at radius 2 is 2.27 bits per heavy atom. The van der Waals surface area contributed by atoms with Crippen molar-refractivity contribution in [1.29, 1.82) is 0 Å². The van der Waals surface area contributed by atoms with Crippen molar-refractivity contribution in [2.24, 2.45) is 5.73 Å². The van der Waals surface area contributed by atoms with E-state index in [-0.39, 0.29) is 6.04 Å². The van der Waals surface area contributed by atoms with Crippen molar-refractivity contribution in [3.8, 4) is 0 Å². The van der Waals surface area contributed by atoms with E-state index in [1.165, 1.54) is 17.7 Å². The lowest BCUT2D eigenvalue weighted by Crippen LogP contribution is -2.25. The molecule has 0 aliphatic rings. The van der Waals surface area contributed by atoms with Crippen molar-refractivity contribution in [2.75, 3.05) is 11.5 Å². The van der Waals surface area contributed by atoms with E-state index in [1.54, 1.807) is 0 Å². The van der Waals surface area contributed by atoms with E-state index in [0.29, 0.717) is 0 Å². The minimum absolute atomic E-state index is 0.236. The number of hydrogen-bond acceptors (Lipinski definition) is 2. The fourth-order valence-electron chi connectivity index (χ4n) is 1.40. The molecule has 1 rings (SSSR count). The third-order valence-corrected chi connectivity index (χ3v) is 3.66. The second-order valence-electron chi connectivity index (χ2n) is 3.67. The topological polar surface area (TPSA) is 26.0 Å². The van der Waals surface area contributed by atoms with Gasteiger partial charge in [-0.3, -0.25) is 0 Å². The smallest absolute Gasteiger partial charge is 0.0408 e. The summed E-state index contributed by atoms with van der Waals surface area (Å²) < 4.78 is 0. The molecule has 0 bridgehead atoms. The molecule has 0 amide bonds. The number of thioether (sulfide) groups is 1. The van der Waals surface area contributed by atoms with Gasteiger partial charge in [0.05, 0.1) is 0 Å². The molecular weight excluding hydrogens is 226 g/mol. The first-order valence-corrected chi connectivity index (χ1v) is 6.83. The number of benzene rings is 1. The monoisotopic (exact) mass is 243 g/mol. The van der Waals surface area contributed by atoms with Gasteiger partial charge in [-0.1, -0.05) is 30.7 Å². The van der Waals surface area contributed by atoms with Crippen LogP contribution in [-0.2, 0) is 6.42 Å². The highest BCUT2D eigenvalue weighted by atomic mass is 35.5. The first kappa shape index (κ1) is 12.9. The minimum atomic E-state index is 0.236. The van der Waals surface area contributed by atoms with Crippen molar-refractivity contribution in [3.05, 3.63) is 34.9 Å². The van der Waals surface area contributed by atoms with Crippen LogP contribution < -0.4 is 5.73 Å². The molecule has 0 saturated carbocycles. The molecule has 0 heterocycles. The lowest BCUT2D eigenvalue weighted by Gasteiger charge is -2.11. The fraction of sp³-hybridized carbons (Fsp3) is 0.500. The van der Waals surface area contributed by atoms with Crippen LogP contribution in [0.1, 0.15) is 18.9 Å². The molecule has 0 aromatic heterocycles. The largest absolute Gasteiger partial charge is 0.327 e. The summed E-state index contributed by atoms with van der Waals surface area (Å²) in [5.41, 5.74) is 7.26. The number of halogens is 1. The van der Waals surface area contributed by atoms with E-state index in [0.717, 1.165) is 17.2 Å². The quantitative estimate of drug-likeness (QED) is 0.776. The Balaban J connectivity index is 2.34. The summed E-state index contributed by atoms with van der Waals surface area (Å²) in [6.07, 6.45) is 2.13. The average Bonchev–Trinajstić information content (AvgIpc) is 2.18. The van der Waals surface area contributed by atoms with Crippen molar-refractivity contribution in [1.82, 2.24) is 0 Å². The number of hydrogen-bond donors (Lipinski definition) is 1. The van der Waals surface area contributed by atoms with Gasteiger partial charge >= 0.3 is 0 Å². The molecule has 1 aromatic carbocycles. The van der Waals surface area contributed by atoms with E-state index < -0.39 is 0 Å². The predicted octanol–water partition coefficient (Wildman–Crippen LogP) is 3.35. The highest BCUT2D eigenvalue weighted by molar-refractivity contribution is 7.99. The van der Waals surface area contributed by atoms with Crippen LogP contribution in [0.3, 0.4) is 0 Å². The predicted molar refractivity (Wildman–Crippen MR) is 70.7 cm³/mol. The maximum absolute atomic E-state index is 6.03. The van der Waals surface area contributed by atoms with Gasteiger partial charge in [0.25, 0.3) is 0 Å². The molecule has 15 heavy (non-hydrogen) atoms. The Morgan fingerprint density at radius 1 is 1.47 bits per heavy atom. The van der Waals surface area contributed by atoms with Gasteiger partial charge in [-0.25, -0.2) is 0 Å². The number of rotatable bonds is 6. The first-order chi connectivity index (χ1) is 7.22. The number of nitrogens with two attached hydrogens (primary N) is 1. The molecule has 1 unspecified atom stereocenters. The van der Waals surface area contributed by atoms with Crippen LogP contribution in [0.2, 0.25) is 5.02 Å². The van der Waals surface area contributed by atoms with Gasteiger partial charge in [0.1, 0.15) is 0 Å². The zero-order valence-corrected chi connectivity index (χ0v) is 10.7. The summed E-state index contributed by atoms with van der Waals surface area (Å²) >= 11 is 7.84. The Hall–Kier alpha value is -0.180. The van der Waals surface area contributed by atoms with Gasteiger partial charge < -0.3 is 5.73 Å². The highest BCUT2D eigenvalue weighted by Gasteiger charge is 2.04. The van der Waals surface area contributed by atoms with Gasteiger partial charge in [0.2, 0.25) is 0 Å². The maximum atomic E-state index is 6.03. The minimum Gasteiger partial charge on any atom is -0.327 e. The fourth-order valence-corrected chi connectivity index (χ4v) is 2.49. The molecule has 84 valence electrons. The van der Waals surface area contributed by atoms with Crippen molar-refractivity contribution in [2.45, 2.75) is 25.8 Å². The molecule has 0 aliphatic heterocycles. The maximum Gasteiger partial charge on any atom is 0.0408 e. The van der Waals surface area contributed by atoms with Crippen molar-refractivity contribution in [3.63, 3.8) is 0 Å². The molecule has 2 N–H and O–H groups in total. The van der Waals surface area contributed by atoms with Crippen molar-refractivity contribution >= 4 is 23.4 Å². The van der Waals surface area contributed by atoms with Crippen LogP contribution in [0.15, 0.2) is 24.3 Å². The molecule has 0 radical (unpaired) electrons. The van der Waals surface area contributed by atoms with Crippen LogP contribution in [0.25, 0.3) is 0 Å². The van der Waals surface area contributed by atoms with Crippen LogP contribution in [0.4, 0.5) is 0 Å². The molecule has 0 aliphatic carbocycles. The zero-order valence-electron chi connectivity index (χ0n) is 9.08. The lowest BCUT2D eigenvalue weighted by atomic mass is 10.1. The first-order valence-electron chi connectivity index (χ1n) is 5.30. The second kappa shape index (κ2) is 7.15. The van der Waals surface area contributed by atoms with Gasteiger partial charge in [-0.2, -0.15) is 11.8 Å². The molecule has 1 aromatic rings. The van der Waals surface area contributed by atoms with E-state index in [2.05, 4.69) is 13.0 Å². The van der Waals surface area contributed by atoms with Gasteiger partial charge in [-0.15, -0.1) is 0 Å². The van der Waals surface area contributed by atoms with E-state index in [9.17, 15) is 0 Å². The molecule has 0 saturated heterocycles. The van der Waals surface area contributed by atoms with Gasteiger partial charge in [0.15, 0.2) is 0 Å². The third-order valence-electron chi connectivity index (χ3n) is 2.07. The second-order valence-corrected chi connectivity index (χ2v) is 5.26. The van der Waals surface area contributed by atoms with Crippen LogP contribution in [0, 0.1) is 0 Å². The van der Waals surface area contributed by atoms with E-state index in [4.69, 9.17) is 17.3 Å². The summed E-state index contributed by atoms with van der Waals surface area (Å²) in [4.78, 5) is 0. The van der Waals surface area contributed by atoms with E-state index in [1.807, 2.05) is 30.0 Å². The molecule has 1 atom stereocenters. The SMILES string of the molecule is CCCSCC(N)Cc1cccc(Cl)c1. The van der Waals surface area contributed by atoms with Gasteiger partial charge in [-0.05, 0) is 36.3 Å². The molecule has 0 fully saturated rings. The average molecular weight is 244 g/mol. The van der Waals surface area contributed by atoms with Crippen LogP contribution >= 0.6 is 23.4 Å². The Morgan fingerprint density at radius 3 is 2.93 bits per heavy atom. The molecule has 1 nitrogen and oxygen atoms in total. The Kier molecular flexibility index (Phi) is 6.15. The standard InChI is InChI=1S/C12H18ClNS/c1-2-6-15-9-12(14)8-10-4-3-5-11(13)7-10/h3-5,7,12H,2,6,8-9,14H2,1H3. The van der Waals surface area contributed by atoms with E-state index >= 15 is 0 Å². The summed E-state index contributed by atoms with van der Waals surface area (Å²) in [5.74, 6) is 2.23. The summed E-state index contributed by atoms with van der Waals surface area (Å²) in [6, 6.07) is 8.17. The summed E-state index contributed by atoms with van der Waals surface area (Å²) in [6.45, 7) is 2.19. The van der Waals surface area contributed by atoms with Gasteiger partial charge in [0, 0.05) is 16.8 Å². The molecular formula is C12H18ClNS. The van der Waals surface area contributed by atoms with Crippen LogP contribution in [-0.4, -0.2) is 17.5 Å². The Bertz CT molecular complexity index is 291. The summed E-state index contributed by atoms with van der Waals surface area (Å²) in [7, 11) is 0. The normalized spacial score (nSPS) is 12.7. The molecule has 3 heteroatoms. The lowest BCUT2D eigenvalue weighted by molar-refractivity contribution is 0.748. The van der Waals surface area contributed by atoms with Crippen LogP contribution in [0.5, 0.6) is 0 Å².